The first-order valence-electron chi connectivity index (χ1n) is 8.77. The molecular weight excluding hydrogens is 328 g/mol. The maximum atomic E-state index is 4.70. The molecule has 0 saturated carbocycles. The lowest BCUT2D eigenvalue weighted by atomic mass is 10.1. The molecule has 0 unspecified atom stereocenters. The standard InChI is InChI=1S/C18H22N8/c1-13-22-15(8-17(23-13)24-18-10-19-5-6-20-18)16-4-3-7-26(16)12-14-9-21-25(2)11-14/h5-6,8-11,16H,3-4,7,12H2,1-2H3,(H,20,22,23,24)/t16-/m1/s1. The third-order valence-electron chi connectivity index (χ3n) is 4.53. The second-order valence-corrected chi connectivity index (χ2v) is 6.59. The number of aromatic nitrogens is 6. The van der Waals surface area contributed by atoms with Crippen molar-refractivity contribution in [3.63, 3.8) is 0 Å². The predicted octanol–water partition coefficient (Wildman–Crippen LogP) is 2.39. The topological polar surface area (TPSA) is 84.7 Å². The molecule has 1 fully saturated rings. The zero-order valence-corrected chi connectivity index (χ0v) is 15.0. The SMILES string of the molecule is Cc1nc(Nc2cnccn2)cc([C@H]2CCCN2Cc2cnn(C)c2)n1. The minimum atomic E-state index is 0.291. The fourth-order valence-corrected chi connectivity index (χ4v) is 3.46. The number of anilines is 2. The summed E-state index contributed by atoms with van der Waals surface area (Å²) in [6.07, 6.45) is 11.3. The van der Waals surface area contributed by atoms with Gasteiger partial charge in [-0.3, -0.25) is 14.6 Å². The Morgan fingerprint density at radius 3 is 2.88 bits per heavy atom. The number of rotatable bonds is 5. The number of nitrogens with one attached hydrogen (secondary N) is 1. The Morgan fingerprint density at radius 2 is 2.12 bits per heavy atom. The maximum Gasteiger partial charge on any atom is 0.150 e. The lowest BCUT2D eigenvalue weighted by molar-refractivity contribution is 0.244. The zero-order valence-electron chi connectivity index (χ0n) is 15.0. The van der Waals surface area contributed by atoms with Crippen LogP contribution in [-0.4, -0.2) is 41.2 Å². The van der Waals surface area contributed by atoms with Crippen molar-refractivity contribution in [3.8, 4) is 0 Å². The average molecular weight is 350 g/mol. The maximum absolute atomic E-state index is 4.70. The van der Waals surface area contributed by atoms with Gasteiger partial charge in [0.05, 0.1) is 24.1 Å². The molecule has 1 N–H and O–H groups in total. The Labute approximate surface area is 152 Å². The first kappa shape index (κ1) is 16.6. The summed E-state index contributed by atoms with van der Waals surface area (Å²) >= 11 is 0. The van der Waals surface area contributed by atoms with Crippen LogP contribution in [0.25, 0.3) is 0 Å². The van der Waals surface area contributed by atoms with E-state index in [1.54, 1.807) is 18.6 Å². The molecule has 0 aromatic carbocycles. The van der Waals surface area contributed by atoms with Crippen molar-refractivity contribution in [2.24, 2.45) is 7.05 Å². The molecule has 26 heavy (non-hydrogen) atoms. The van der Waals surface area contributed by atoms with E-state index in [4.69, 9.17) is 4.98 Å². The van der Waals surface area contributed by atoms with Gasteiger partial charge in [0.1, 0.15) is 17.5 Å². The van der Waals surface area contributed by atoms with Gasteiger partial charge in [-0.05, 0) is 26.3 Å². The molecule has 8 nitrogen and oxygen atoms in total. The Kier molecular flexibility index (Phi) is 4.57. The van der Waals surface area contributed by atoms with Crippen LogP contribution in [0.3, 0.4) is 0 Å². The summed E-state index contributed by atoms with van der Waals surface area (Å²) in [6, 6.07) is 2.31. The molecule has 0 bridgehead atoms. The third kappa shape index (κ3) is 3.70. The van der Waals surface area contributed by atoms with E-state index in [1.807, 2.05) is 30.9 Å². The van der Waals surface area contributed by atoms with Crippen molar-refractivity contribution < 1.29 is 0 Å². The van der Waals surface area contributed by atoms with Crippen LogP contribution in [0.2, 0.25) is 0 Å². The van der Waals surface area contributed by atoms with Crippen LogP contribution in [0.15, 0.2) is 37.1 Å². The van der Waals surface area contributed by atoms with Crippen molar-refractivity contribution in [1.82, 2.24) is 34.6 Å². The summed E-state index contributed by atoms with van der Waals surface area (Å²) in [4.78, 5) is 20.0. The monoisotopic (exact) mass is 350 g/mol. The lowest BCUT2D eigenvalue weighted by Gasteiger charge is -2.24. The molecule has 0 spiro atoms. The van der Waals surface area contributed by atoms with Gasteiger partial charge >= 0.3 is 0 Å². The molecule has 0 amide bonds. The van der Waals surface area contributed by atoms with Gasteiger partial charge in [0.15, 0.2) is 0 Å². The summed E-state index contributed by atoms with van der Waals surface area (Å²) in [5.41, 5.74) is 2.27. The fourth-order valence-electron chi connectivity index (χ4n) is 3.46. The van der Waals surface area contributed by atoms with Gasteiger partial charge < -0.3 is 5.32 Å². The molecular formula is C18H22N8. The first-order chi connectivity index (χ1) is 12.7. The fraction of sp³-hybridized carbons (Fsp3) is 0.389. The van der Waals surface area contributed by atoms with Crippen LogP contribution in [0, 0.1) is 6.92 Å². The molecule has 134 valence electrons. The molecule has 3 aromatic heterocycles. The highest BCUT2D eigenvalue weighted by atomic mass is 15.3. The second kappa shape index (κ2) is 7.17. The van der Waals surface area contributed by atoms with Crippen molar-refractivity contribution in [2.45, 2.75) is 32.4 Å². The Morgan fingerprint density at radius 1 is 1.19 bits per heavy atom. The van der Waals surface area contributed by atoms with Crippen LogP contribution in [0.1, 0.15) is 36.0 Å². The van der Waals surface area contributed by atoms with E-state index in [1.165, 1.54) is 12.0 Å². The molecule has 1 atom stereocenters. The highest BCUT2D eigenvalue weighted by Crippen LogP contribution is 2.33. The summed E-state index contributed by atoms with van der Waals surface area (Å²) in [7, 11) is 1.95. The highest BCUT2D eigenvalue weighted by molar-refractivity contribution is 5.50. The van der Waals surface area contributed by atoms with E-state index < -0.39 is 0 Å². The van der Waals surface area contributed by atoms with Crippen LogP contribution < -0.4 is 5.32 Å². The van der Waals surface area contributed by atoms with Crippen LogP contribution >= 0.6 is 0 Å². The Hall–Kier alpha value is -2.87. The molecule has 1 saturated heterocycles. The predicted molar refractivity (Wildman–Crippen MR) is 97.7 cm³/mol. The molecule has 1 aliphatic rings. The van der Waals surface area contributed by atoms with E-state index in [2.05, 4.69) is 36.5 Å². The van der Waals surface area contributed by atoms with Gasteiger partial charge in [-0.2, -0.15) is 5.10 Å². The minimum Gasteiger partial charge on any atom is -0.324 e. The summed E-state index contributed by atoms with van der Waals surface area (Å²) in [5, 5.41) is 7.49. The average Bonchev–Trinajstić information content (AvgIpc) is 3.24. The zero-order chi connectivity index (χ0) is 17.9. The normalized spacial score (nSPS) is 17.5. The van der Waals surface area contributed by atoms with Gasteiger partial charge in [-0.1, -0.05) is 0 Å². The van der Waals surface area contributed by atoms with Crippen molar-refractivity contribution in [3.05, 3.63) is 54.1 Å². The number of hydrogen-bond acceptors (Lipinski definition) is 7. The molecule has 1 aliphatic heterocycles. The summed E-state index contributed by atoms with van der Waals surface area (Å²) in [5.74, 6) is 2.18. The molecule has 3 aromatic rings. The molecule has 0 aliphatic carbocycles. The molecule has 4 heterocycles. The second-order valence-electron chi connectivity index (χ2n) is 6.59. The van der Waals surface area contributed by atoms with Gasteiger partial charge in [0.2, 0.25) is 0 Å². The Balaban J connectivity index is 1.55. The quantitative estimate of drug-likeness (QED) is 0.756. The van der Waals surface area contributed by atoms with E-state index >= 15 is 0 Å². The summed E-state index contributed by atoms with van der Waals surface area (Å²) in [6.45, 7) is 3.87. The minimum absolute atomic E-state index is 0.291. The number of aryl methyl sites for hydroxylation is 2. The number of hydrogen-bond donors (Lipinski definition) is 1. The van der Waals surface area contributed by atoms with Crippen molar-refractivity contribution in [2.75, 3.05) is 11.9 Å². The number of likely N-dealkylation sites (tertiary alicyclic amines) is 1. The van der Waals surface area contributed by atoms with E-state index in [0.29, 0.717) is 11.9 Å². The van der Waals surface area contributed by atoms with E-state index in [9.17, 15) is 0 Å². The van der Waals surface area contributed by atoms with Crippen LogP contribution in [-0.2, 0) is 13.6 Å². The highest BCUT2D eigenvalue weighted by Gasteiger charge is 2.28. The first-order valence-corrected chi connectivity index (χ1v) is 8.77. The number of nitrogens with zero attached hydrogens (tertiary/aromatic N) is 7. The van der Waals surface area contributed by atoms with Gasteiger partial charge in [0, 0.05) is 43.8 Å². The molecule has 4 rings (SSSR count). The van der Waals surface area contributed by atoms with Crippen molar-refractivity contribution in [1.29, 1.82) is 0 Å². The molecule has 8 heteroatoms. The van der Waals surface area contributed by atoms with E-state index in [-0.39, 0.29) is 0 Å². The Bertz CT molecular complexity index is 876. The van der Waals surface area contributed by atoms with Crippen LogP contribution in [0.4, 0.5) is 11.6 Å². The molecule has 0 radical (unpaired) electrons. The largest absolute Gasteiger partial charge is 0.324 e. The third-order valence-corrected chi connectivity index (χ3v) is 4.53. The van der Waals surface area contributed by atoms with Crippen molar-refractivity contribution >= 4 is 11.6 Å². The summed E-state index contributed by atoms with van der Waals surface area (Å²) < 4.78 is 1.85. The van der Waals surface area contributed by atoms with E-state index in [0.717, 1.165) is 36.8 Å². The smallest absolute Gasteiger partial charge is 0.150 e. The van der Waals surface area contributed by atoms with Gasteiger partial charge in [0.25, 0.3) is 0 Å². The lowest BCUT2D eigenvalue weighted by Crippen LogP contribution is -2.23. The van der Waals surface area contributed by atoms with Gasteiger partial charge in [-0.25, -0.2) is 15.0 Å². The van der Waals surface area contributed by atoms with Crippen LogP contribution in [0.5, 0.6) is 0 Å². The van der Waals surface area contributed by atoms with Gasteiger partial charge in [-0.15, -0.1) is 0 Å².